The molecular formula is C17H20ClNO3S. The largest absolute Gasteiger partial charge is 0.395 e. The Kier molecular flexibility index (Phi) is 5.81. The van der Waals surface area contributed by atoms with Gasteiger partial charge in [0.05, 0.1) is 11.5 Å². The van der Waals surface area contributed by atoms with Crippen molar-refractivity contribution in [3.05, 3.63) is 64.2 Å². The smallest absolute Gasteiger partial charge is 0.243 e. The molecule has 1 N–H and O–H groups in total. The quantitative estimate of drug-likeness (QED) is 0.868. The van der Waals surface area contributed by atoms with Crippen molar-refractivity contribution in [1.29, 1.82) is 0 Å². The first-order valence-corrected chi connectivity index (χ1v) is 9.09. The first-order valence-electron chi connectivity index (χ1n) is 7.28. The van der Waals surface area contributed by atoms with Crippen molar-refractivity contribution in [3.63, 3.8) is 0 Å². The van der Waals surface area contributed by atoms with Crippen molar-refractivity contribution >= 4 is 21.6 Å². The normalized spacial score (nSPS) is 11.9. The van der Waals surface area contributed by atoms with Crippen molar-refractivity contribution in [1.82, 2.24) is 4.31 Å². The van der Waals surface area contributed by atoms with E-state index in [-0.39, 0.29) is 24.6 Å². The van der Waals surface area contributed by atoms with Crippen LogP contribution in [-0.4, -0.2) is 31.0 Å². The van der Waals surface area contributed by atoms with Crippen molar-refractivity contribution in [2.24, 2.45) is 0 Å². The monoisotopic (exact) mass is 353 g/mol. The number of sulfonamides is 1. The molecule has 2 aromatic carbocycles. The second kappa shape index (κ2) is 7.45. The minimum atomic E-state index is -3.72. The van der Waals surface area contributed by atoms with Gasteiger partial charge in [0.2, 0.25) is 10.0 Å². The molecule has 6 heteroatoms. The number of rotatable bonds is 6. The first kappa shape index (κ1) is 17.9. The number of halogens is 1. The van der Waals surface area contributed by atoms with E-state index in [0.717, 1.165) is 5.56 Å². The van der Waals surface area contributed by atoms with Crippen LogP contribution < -0.4 is 0 Å². The van der Waals surface area contributed by atoms with E-state index in [1.54, 1.807) is 26.0 Å². The molecule has 0 spiro atoms. The molecule has 0 bridgehead atoms. The van der Waals surface area contributed by atoms with E-state index in [2.05, 4.69) is 0 Å². The van der Waals surface area contributed by atoms with Crippen LogP contribution in [0.5, 0.6) is 0 Å². The highest BCUT2D eigenvalue weighted by Gasteiger charge is 2.26. The Bertz CT molecular complexity index is 776. The fraction of sp³-hybridized carbons (Fsp3) is 0.294. The van der Waals surface area contributed by atoms with Crippen LogP contribution in [0.3, 0.4) is 0 Å². The van der Waals surface area contributed by atoms with Crippen LogP contribution in [0.2, 0.25) is 5.02 Å². The maximum absolute atomic E-state index is 13.0. The Balaban J connectivity index is 2.43. The lowest BCUT2D eigenvalue weighted by Crippen LogP contribution is -2.33. The molecule has 2 aromatic rings. The van der Waals surface area contributed by atoms with Crippen molar-refractivity contribution < 1.29 is 13.5 Å². The van der Waals surface area contributed by atoms with Crippen molar-refractivity contribution in [2.75, 3.05) is 13.2 Å². The Labute approximate surface area is 142 Å². The fourth-order valence-corrected chi connectivity index (χ4v) is 4.28. The average molecular weight is 354 g/mol. The number of aliphatic hydroxyl groups is 1. The third-order valence-electron chi connectivity index (χ3n) is 3.63. The van der Waals surface area contributed by atoms with Crippen LogP contribution in [-0.2, 0) is 16.6 Å². The molecule has 0 fully saturated rings. The second-order valence-corrected chi connectivity index (χ2v) is 7.73. The van der Waals surface area contributed by atoms with Gasteiger partial charge in [-0.3, -0.25) is 0 Å². The number of hydrogen-bond acceptors (Lipinski definition) is 3. The predicted octanol–water partition coefficient (Wildman–Crippen LogP) is 3.14. The highest BCUT2D eigenvalue weighted by atomic mass is 35.5. The summed E-state index contributed by atoms with van der Waals surface area (Å²) in [6.07, 6.45) is 0. The van der Waals surface area contributed by atoms with Gasteiger partial charge in [-0.05, 0) is 42.7 Å². The molecule has 23 heavy (non-hydrogen) atoms. The molecule has 2 rings (SSSR count). The predicted molar refractivity (Wildman–Crippen MR) is 92.0 cm³/mol. The first-order chi connectivity index (χ1) is 10.9. The van der Waals surface area contributed by atoms with E-state index in [0.29, 0.717) is 16.1 Å². The van der Waals surface area contributed by atoms with Crippen molar-refractivity contribution in [2.45, 2.75) is 25.3 Å². The maximum atomic E-state index is 13.0. The molecule has 0 saturated heterocycles. The van der Waals surface area contributed by atoms with Gasteiger partial charge in [-0.25, -0.2) is 8.42 Å². The Morgan fingerprint density at radius 2 is 1.74 bits per heavy atom. The summed E-state index contributed by atoms with van der Waals surface area (Å²) in [5.74, 6) is 0. The van der Waals surface area contributed by atoms with Crippen LogP contribution in [0.15, 0.2) is 47.4 Å². The van der Waals surface area contributed by atoms with E-state index in [9.17, 15) is 13.5 Å². The van der Waals surface area contributed by atoms with E-state index in [4.69, 9.17) is 11.6 Å². The van der Waals surface area contributed by atoms with Crippen LogP contribution in [0.4, 0.5) is 0 Å². The number of aliphatic hydroxyl groups excluding tert-OH is 1. The maximum Gasteiger partial charge on any atom is 0.243 e. The molecule has 0 saturated carbocycles. The zero-order chi connectivity index (χ0) is 17.0. The fourth-order valence-electron chi connectivity index (χ4n) is 2.35. The van der Waals surface area contributed by atoms with Gasteiger partial charge >= 0.3 is 0 Å². The number of nitrogens with zero attached hydrogens (tertiary/aromatic N) is 1. The van der Waals surface area contributed by atoms with Crippen molar-refractivity contribution in [3.8, 4) is 0 Å². The minimum absolute atomic E-state index is 0.0400. The Hall–Kier alpha value is -1.40. The zero-order valence-electron chi connectivity index (χ0n) is 13.2. The molecule has 0 aliphatic carbocycles. The third-order valence-corrected chi connectivity index (χ3v) is 6.02. The SMILES string of the molecule is Cc1cc(S(=O)(=O)N(CCO)Cc2ccccc2)c(C)cc1Cl. The van der Waals surface area contributed by atoms with Gasteiger partial charge in [0.25, 0.3) is 0 Å². The standard InChI is InChI=1S/C17H20ClNO3S/c1-13-11-17(14(2)10-16(13)18)23(21,22)19(8-9-20)12-15-6-4-3-5-7-15/h3-7,10-11,20H,8-9,12H2,1-2H3. The molecule has 0 amide bonds. The van der Waals surface area contributed by atoms with Gasteiger partial charge in [0, 0.05) is 18.1 Å². The summed E-state index contributed by atoms with van der Waals surface area (Å²) in [5, 5.41) is 9.81. The summed E-state index contributed by atoms with van der Waals surface area (Å²) in [7, 11) is -3.72. The van der Waals surface area contributed by atoms with E-state index in [1.807, 2.05) is 30.3 Å². The summed E-state index contributed by atoms with van der Waals surface area (Å²) >= 11 is 6.06. The molecule has 0 radical (unpaired) electrons. The highest BCUT2D eigenvalue weighted by molar-refractivity contribution is 7.89. The second-order valence-electron chi connectivity index (χ2n) is 5.41. The molecule has 0 aromatic heterocycles. The number of aryl methyl sites for hydroxylation is 2. The summed E-state index contributed by atoms with van der Waals surface area (Å²) < 4.78 is 27.3. The highest BCUT2D eigenvalue weighted by Crippen LogP contribution is 2.27. The topological polar surface area (TPSA) is 57.6 Å². The molecule has 0 heterocycles. The number of benzene rings is 2. The molecule has 124 valence electrons. The molecular weight excluding hydrogens is 334 g/mol. The summed E-state index contributed by atoms with van der Waals surface area (Å²) in [4.78, 5) is 0.226. The lowest BCUT2D eigenvalue weighted by atomic mass is 10.2. The lowest BCUT2D eigenvalue weighted by molar-refractivity contribution is 0.251. The van der Waals surface area contributed by atoms with Gasteiger partial charge in [-0.1, -0.05) is 41.9 Å². The van der Waals surface area contributed by atoms with Gasteiger partial charge in [-0.2, -0.15) is 4.31 Å². The van der Waals surface area contributed by atoms with E-state index < -0.39 is 10.0 Å². The van der Waals surface area contributed by atoms with Crippen LogP contribution in [0.25, 0.3) is 0 Å². The van der Waals surface area contributed by atoms with Crippen LogP contribution in [0, 0.1) is 13.8 Å². The van der Waals surface area contributed by atoms with Gasteiger partial charge in [0.15, 0.2) is 0 Å². The summed E-state index contributed by atoms with van der Waals surface area (Å²) in [6.45, 7) is 3.51. The molecule has 0 aliphatic rings. The summed E-state index contributed by atoms with van der Waals surface area (Å²) in [5.41, 5.74) is 2.17. The lowest BCUT2D eigenvalue weighted by Gasteiger charge is -2.23. The van der Waals surface area contributed by atoms with Gasteiger partial charge in [0.1, 0.15) is 0 Å². The molecule has 0 atom stereocenters. The Morgan fingerprint density at radius 1 is 1.09 bits per heavy atom. The molecule has 0 unspecified atom stereocenters. The Morgan fingerprint density at radius 3 is 2.35 bits per heavy atom. The third kappa shape index (κ3) is 4.12. The average Bonchev–Trinajstić information content (AvgIpc) is 2.51. The molecule has 4 nitrogen and oxygen atoms in total. The molecule has 0 aliphatic heterocycles. The van der Waals surface area contributed by atoms with Crippen LogP contribution >= 0.6 is 11.6 Å². The van der Waals surface area contributed by atoms with E-state index >= 15 is 0 Å². The van der Waals surface area contributed by atoms with Gasteiger partial charge < -0.3 is 5.11 Å². The number of hydrogen-bond donors (Lipinski definition) is 1. The minimum Gasteiger partial charge on any atom is -0.395 e. The van der Waals surface area contributed by atoms with Gasteiger partial charge in [-0.15, -0.1) is 0 Å². The summed E-state index contributed by atoms with van der Waals surface area (Å²) in [6, 6.07) is 12.6. The van der Waals surface area contributed by atoms with E-state index in [1.165, 1.54) is 4.31 Å². The zero-order valence-corrected chi connectivity index (χ0v) is 14.7. The van der Waals surface area contributed by atoms with Crippen LogP contribution in [0.1, 0.15) is 16.7 Å².